The summed E-state index contributed by atoms with van der Waals surface area (Å²) in [6, 6.07) is 11.0. The lowest BCUT2D eigenvalue weighted by Gasteiger charge is -2.12. The molecule has 6 heteroatoms. The van der Waals surface area contributed by atoms with Crippen molar-refractivity contribution in [1.82, 2.24) is 10.3 Å². The van der Waals surface area contributed by atoms with Crippen LogP contribution in [0.5, 0.6) is 0 Å². The van der Waals surface area contributed by atoms with Gasteiger partial charge in [0.15, 0.2) is 0 Å². The van der Waals surface area contributed by atoms with Gasteiger partial charge in [0.25, 0.3) is 5.91 Å². The maximum Gasteiger partial charge on any atom is 0.270 e. The fraction of sp³-hybridized carbons (Fsp3) is 0.158. The van der Waals surface area contributed by atoms with E-state index in [2.05, 4.69) is 21.7 Å². The summed E-state index contributed by atoms with van der Waals surface area (Å²) in [5, 5.41) is 6.66. The van der Waals surface area contributed by atoms with Gasteiger partial charge in [0.2, 0.25) is 0 Å². The van der Waals surface area contributed by atoms with Crippen molar-refractivity contribution in [3.8, 4) is 0 Å². The SMILES string of the molecule is Cc1cc(C)c(Nc2ccc(C(=O)NCc3ccco3)nc2)c(Cl)c1. The van der Waals surface area contributed by atoms with Gasteiger partial charge >= 0.3 is 0 Å². The molecule has 0 unspecified atom stereocenters. The monoisotopic (exact) mass is 355 g/mol. The Labute approximate surface area is 151 Å². The first-order valence-corrected chi connectivity index (χ1v) is 8.21. The largest absolute Gasteiger partial charge is 0.467 e. The van der Waals surface area contributed by atoms with Crippen LogP contribution in [-0.4, -0.2) is 10.9 Å². The number of furan rings is 1. The first-order chi connectivity index (χ1) is 12.0. The number of aromatic nitrogens is 1. The third-order valence-corrected chi connectivity index (χ3v) is 4.00. The van der Waals surface area contributed by atoms with Crippen LogP contribution in [0.1, 0.15) is 27.4 Å². The predicted molar refractivity (Wildman–Crippen MR) is 98.3 cm³/mol. The molecule has 0 radical (unpaired) electrons. The van der Waals surface area contributed by atoms with Crippen molar-refractivity contribution < 1.29 is 9.21 Å². The molecule has 0 saturated carbocycles. The Morgan fingerprint density at radius 1 is 1.24 bits per heavy atom. The molecule has 1 aromatic carbocycles. The Balaban J connectivity index is 1.67. The number of carbonyl (C=O) groups is 1. The molecule has 0 atom stereocenters. The fourth-order valence-corrected chi connectivity index (χ4v) is 2.86. The molecule has 0 bridgehead atoms. The molecule has 0 aliphatic rings. The average Bonchev–Trinajstić information content (AvgIpc) is 3.10. The highest BCUT2D eigenvalue weighted by atomic mass is 35.5. The number of hydrogen-bond donors (Lipinski definition) is 2. The number of hydrogen-bond acceptors (Lipinski definition) is 4. The Morgan fingerprint density at radius 2 is 2.08 bits per heavy atom. The molecular formula is C19H18ClN3O2. The zero-order valence-electron chi connectivity index (χ0n) is 14.0. The minimum absolute atomic E-state index is 0.257. The van der Waals surface area contributed by atoms with Crippen molar-refractivity contribution in [1.29, 1.82) is 0 Å². The number of pyridine rings is 1. The molecule has 0 spiro atoms. The lowest BCUT2D eigenvalue weighted by Crippen LogP contribution is -2.23. The van der Waals surface area contributed by atoms with E-state index in [1.807, 2.05) is 19.9 Å². The van der Waals surface area contributed by atoms with E-state index in [0.29, 0.717) is 23.0 Å². The van der Waals surface area contributed by atoms with E-state index in [-0.39, 0.29) is 5.91 Å². The lowest BCUT2D eigenvalue weighted by atomic mass is 10.1. The van der Waals surface area contributed by atoms with Gasteiger partial charge in [0, 0.05) is 0 Å². The molecule has 0 aliphatic carbocycles. The number of amides is 1. The van der Waals surface area contributed by atoms with Gasteiger partial charge in [-0.3, -0.25) is 4.79 Å². The zero-order valence-corrected chi connectivity index (χ0v) is 14.7. The summed E-state index contributed by atoms with van der Waals surface area (Å²) in [4.78, 5) is 16.3. The summed E-state index contributed by atoms with van der Waals surface area (Å²) < 4.78 is 5.18. The van der Waals surface area contributed by atoms with Gasteiger partial charge < -0.3 is 15.1 Å². The molecule has 0 fully saturated rings. The number of benzene rings is 1. The van der Waals surface area contributed by atoms with Crippen LogP contribution in [0, 0.1) is 13.8 Å². The van der Waals surface area contributed by atoms with Crippen molar-refractivity contribution in [2.45, 2.75) is 20.4 Å². The Kier molecular flexibility index (Phi) is 5.05. The minimum atomic E-state index is -0.257. The molecule has 2 aromatic heterocycles. The summed E-state index contributed by atoms with van der Waals surface area (Å²) in [6.07, 6.45) is 3.18. The van der Waals surface area contributed by atoms with Crippen molar-refractivity contribution in [2.75, 3.05) is 5.32 Å². The van der Waals surface area contributed by atoms with Crippen molar-refractivity contribution >= 4 is 28.9 Å². The van der Waals surface area contributed by atoms with Gasteiger partial charge in [-0.2, -0.15) is 0 Å². The highest BCUT2D eigenvalue weighted by molar-refractivity contribution is 6.33. The lowest BCUT2D eigenvalue weighted by molar-refractivity contribution is 0.0943. The quantitative estimate of drug-likeness (QED) is 0.700. The second-order valence-electron chi connectivity index (χ2n) is 5.76. The third kappa shape index (κ3) is 4.19. The summed E-state index contributed by atoms with van der Waals surface area (Å²) >= 11 is 6.30. The fourth-order valence-electron chi connectivity index (χ4n) is 2.49. The van der Waals surface area contributed by atoms with E-state index in [9.17, 15) is 4.79 Å². The first kappa shape index (κ1) is 17.0. The van der Waals surface area contributed by atoms with Crippen LogP contribution in [0.3, 0.4) is 0 Å². The highest BCUT2D eigenvalue weighted by Crippen LogP contribution is 2.30. The molecule has 2 heterocycles. The van der Waals surface area contributed by atoms with Gasteiger partial charge in [0.1, 0.15) is 11.5 Å². The highest BCUT2D eigenvalue weighted by Gasteiger charge is 2.09. The maximum absolute atomic E-state index is 12.1. The number of nitrogens with zero attached hydrogens (tertiary/aromatic N) is 1. The van der Waals surface area contributed by atoms with E-state index >= 15 is 0 Å². The van der Waals surface area contributed by atoms with Crippen LogP contribution < -0.4 is 10.6 Å². The molecule has 0 aliphatic heterocycles. The predicted octanol–water partition coefficient (Wildman–Crippen LogP) is 4.62. The van der Waals surface area contributed by atoms with Crippen LogP contribution in [-0.2, 0) is 6.54 Å². The van der Waals surface area contributed by atoms with Crippen LogP contribution in [0.25, 0.3) is 0 Å². The van der Waals surface area contributed by atoms with Gasteiger partial charge in [0.05, 0.1) is 35.4 Å². The van der Waals surface area contributed by atoms with E-state index in [4.69, 9.17) is 16.0 Å². The molecule has 128 valence electrons. The molecule has 0 saturated heterocycles. The molecule has 1 amide bonds. The Morgan fingerprint density at radius 3 is 2.72 bits per heavy atom. The summed E-state index contributed by atoms with van der Waals surface area (Å²) in [5.74, 6) is 0.434. The number of halogens is 1. The number of carbonyl (C=O) groups excluding carboxylic acids is 1. The third-order valence-electron chi connectivity index (χ3n) is 3.70. The van der Waals surface area contributed by atoms with Crippen molar-refractivity contribution in [3.05, 3.63) is 76.5 Å². The number of aryl methyl sites for hydroxylation is 2. The van der Waals surface area contributed by atoms with Crippen molar-refractivity contribution in [3.63, 3.8) is 0 Å². The van der Waals surface area contributed by atoms with Crippen LogP contribution in [0.4, 0.5) is 11.4 Å². The van der Waals surface area contributed by atoms with Crippen molar-refractivity contribution in [2.24, 2.45) is 0 Å². The number of rotatable bonds is 5. The summed E-state index contributed by atoms with van der Waals surface area (Å²) in [6.45, 7) is 4.32. The molecule has 5 nitrogen and oxygen atoms in total. The van der Waals surface area contributed by atoms with Gasteiger partial charge in [-0.1, -0.05) is 17.7 Å². The van der Waals surface area contributed by atoms with E-state index in [0.717, 1.165) is 22.5 Å². The van der Waals surface area contributed by atoms with Crippen LogP contribution in [0.2, 0.25) is 5.02 Å². The number of nitrogens with one attached hydrogen (secondary N) is 2. The van der Waals surface area contributed by atoms with E-state index in [1.54, 1.807) is 36.7 Å². The second-order valence-corrected chi connectivity index (χ2v) is 6.16. The zero-order chi connectivity index (χ0) is 17.8. The van der Waals surface area contributed by atoms with Gasteiger partial charge in [-0.15, -0.1) is 0 Å². The Hall–Kier alpha value is -2.79. The number of anilines is 2. The molecule has 3 aromatic rings. The summed E-state index contributed by atoms with van der Waals surface area (Å²) in [7, 11) is 0. The smallest absolute Gasteiger partial charge is 0.270 e. The molecule has 25 heavy (non-hydrogen) atoms. The first-order valence-electron chi connectivity index (χ1n) is 7.83. The average molecular weight is 356 g/mol. The second kappa shape index (κ2) is 7.40. The Bertz CT molecular complexity index is 851. The van der Waals surface area contributed by atoms with E-state index < -0.39 is 0 Å². The van der Waals surface area contributed by atoms with E-state index in [1.165, 1.54) is 0 Å². The normalized spacial score (nSPS) is 10.5. The maximum atomic E-state index is 12.1. The summed E-state index contributed by atoms with van der Waals surface area (Å²) in [5.41, 5.74) is 4.09. The standard InChI is InChI=1S/C19H18ClN3O2/c1-12-8-13(2)18(16(20)9-12)23-14-5-6-17(21-10-14)19(24)22-11-15-4-3-7-25-15/h3-10,23H,11H2,1-2H3,(H,22,24). The van der Waals surface area contributed by atoms with Gasteiger partial charge in [-0.05, 0) is 55.3 Å². The van der Waals surface area contributed by atoms with Crippen LogP contribution in [0.15, 0.2) is 53.3 Å². The van der Waals surface area contributed by atoms with Crippen LogP contribution >= 0.6 is 11.6 Å². The minimum Gasteiger partial charge on any atom is -0.467 e. The molecule has 2 N–H and O–H groups in total. The van der Waals surface area contributed by atoms with Gasteiger partial charge in [-0.25, -0.2) is 4.98 Å². The molecular weight excluding hydrogens is 338 g/mol. The molecule has 3 rings (SSSR count). The topological polar surface area (TPSA) is 67.2 Å².